The normalized spacial score (nSPS) is 12.2. The number of hydrogen-bond donors (Lipinski definition) is 0. The molecule has 0 aliphatic carbocycles. The quantitative estimate of drug-likeness (QED) is 0.0262. The summed E-state index contributed by atoms with van der Waals surface area (Å²) >= 11 is 0. The molecule has 0 spiro atoms. The van der Waals surface area contributed by atoms with Crippen molar-refractivity contribution >= 4 is 17.9 Å². The van der Waals surface area contributed by atoms with Gasteiger partial charge in [0.05, 0.1) is 0 Å². The Bertz CT molecular complexity index is 1080. The average molecular weight is 899 g/mol. The standard InChI is InChI=1S/C58H106O6/c1-4-7-10-13-16-18-19-20-21-22-23-24-25-26-27-28-29-30-31-32-33-34-35-36-37-38-39-41-42-45-48-51-57(60)63-54-55(53-62-56(59)50-47-44-15-12-9-6-3)64-58(61)52-49-46-43-40-17-14-11-8-5-2/h19-20,22-23,25-26,55H,4-18,21,24,27-54H2,1-3H3/b20-19-,23-22-,26-25-. The first-order valence-corrected chi connectivity index (χ1v) is 28.0. The van der Waals surface area contributed by atoms with Crippen LogP contribution in [0.2, 0.25) is 0 Å². The molecule has 0 saturated heterocycles. The third-order valence-corrected chi connectivity index (χ3v) is 12.4. The van der Waals surface area contributed by atoms with Gasteiger partial charge in [0, 0.05) is 19.3 Å². The zero-order valence-corrected chi connectivity index (χ0v) is 42.8. The molecule has 0 aliphatic heterocycles. The SMILES string of the molecule is CCCCCCC/C=C\C/C=C\C/C=C\CCCCCCCCCCCCCCCCCCC(=O)OCC(COC(=O)CCCCCCCC)OC(=O)CCCCCCCCCCC. The fraction of sp³-hybridized carbons (Fsp3) is 0.845. The molecule has 6 heteroatoms. The first-order chi connectivity index (χ1) is 31.5. The van der Waals surface area contributed by atoms with Crippen LogP contribution in [0.4, 0.5) is 0 Å². The summed E-state index contributed by atoms with van der Waals surface area (Å²) in [5.41, 5.74) is 0. The Morgan fingerprint density at radius 3 is 0.875 bits per heavy atom. The molecule has 0 fully saturated rings. The summed E-state index contributed by atoms with van der Waals surface area (Å²) in [4.78, 5) is 37.6. The number of unbranched alkanes of at least 4 members (excludes halogenated alkanes) is 34. The maximum atomic E-state index is 12.7. The number of carbonyl (C=O) groups excluding carboxylic acids is 3. The van der Waals surface area contributed by atoms with E-state index >= 15 is 0 Å². The number of hydrogen-bond acceptors (Lipinski definition) is 6. The molecule has 0 radical (unpaired) electrons. The Labute approximate surface area is 397 Å². The number of rotatable bonds is 51. The molecular weight excluding hydrogens is 793 g/mol. The van der Waals surface area contributed by atoms with Crippen molar-refractivity contribution in [3.8, 4) is 0 Å². The molecule has 0 heterocycles. The maximum absolute atomic E-state index is 12.7. The van der Waals surface area contributed by atoms with E-state index in [0.29, 0.717) is 19.3 Å². The zero-order valence-electron chi connectivity index (χ0n) is 42.8. The molecule has 64 heavy (non-hydrogen) atoms. The van der Waals surface area contributed by atoms with Crippen LogP contribution in [0.25, 0.3) is 0 Å². The molecule has 0 aromatic rings. The molecule has 0 aromatic heterocycles. The minimum Gasteiger partial charge on any atom is -0.462 e. The number of allylic oxidation sites excluding steroid dienone is 6. The highest BCUT2D eigenvalue weighted by Crippen LogP contribution is 2.16. The minimum absolute atomic E-state index is 0.0680. The molecule has 0 amide bonds. The van der Waals surface area contributed by atoms with Crippen LogP contribution < -0.4 is 0 Å². The van der Waals surface area contributed by atoms with Crippen LogP contribution in [0, 0.1) is 0 Å². The summed E-state index contributed by atoms with van der Waals surface area (Å²) < 4.78 is 16.7. The van der Waals surface area contributed by atoms with E-state index in [1.54, 1.807) is 0 Å². The Kier molecular flexibility index (Phi) is 51.3. The first-order valence-electron chi connectivity index (χ1n) is 28.0. The van der Waals surface area contributed by atoms with Crippen LogP contribution >= 0.6 is 0 Å². The minimum atomic E-state index is -0.762. The van der Waals surface area contributed by atoms with Gasteiger partial charge in [-0.15, -0.1) is 0 Å². The molecule has 1 unspecified atom stereocenters. The first kappa shape index (κ1) is 61.6. The lowest BCUT2D eigenvalue weighted by Gasteiger charge is -2.18. The summed E-state index contributed by atoms with van der Waals surface area (Å²) in [6.45, 7) is 6.57. The summed E-state index contributed by atoms with van der Waals surface area (Å²) in [5.74, 6) is -0.870. The Morgan fingerprint density at radius 2 is 0.562 bits per heavy atom. The smallest absolute Gasteiger partial charge is 0.306 e. The van der Waals surface area contributed by atoms with E-state index in [-0.39, 0.29) is 31.1 Å². The Hall–Kier alpha value is -2.37. The van der Waals surface area contributed by atoms with Gasteiger partial charge in [-0.25, -0.2) is 0 Å². The van der Waals surface area contributed by atoms with Gasteiger partial charge in [0.2, 0.25) is 0 Å². The van der Waals surface area contributed by atoms with Gasteiger partial charge in [-0.05, 0) is 57.8 Å². The molecule has 0 saturated carbocycles. The van der Waals surface area contributed by atoms with Crippen molar-refractivity contribution in [2.45, 2.75) is 303 Å². The maximum Gasteiger partial charge on any atom is 0.306 e. The van der Waals surface area contributed by atoms with Gasteiger partial charge < -0.3 is 14.2 Å². The van der Waals surface area contributed by atoms with Crippen LogP contribution in [0.5, 0.6) is 0 Å². The fourth-order valence-corrected chi connectivity index (χ4v) is 8.16. The van der Waals surface area contributed by atoms with Crippen LogP contribution in [0.1, 0.15) is 297 Å². The lowest BCUT2D eigenvalue weighted by molar-refractivity contribution is -0.167. The molecule has 0 bridgehead atoms. The molecule has 0 rings (SSSR count). The van der Waals surface area contributed by atoms with E-state index in [1.807, 2.05) is 0 Å². The van der Waals surface area contributed by atoms with Gasteiger partial charge in [-0.2, -0.15) is 0 Å². The second kappa shape index (κ2) is 53.2. The molecule has 1 atom stereocenters. The van der Waals surface area contributed by atoms with Gasteiger partial charge >= 0.3 is 17.9 Å². The van der Waals surface area contributed by atoms with Crippen molar-refractivity contribution < 1.29 is 28.6 Å². The van der Waals surface area contributed by atoms with Gasteiger partial charge in [-0.3, -0.25) is 14.4 Å². The van der Waals surface area contributed by atoms with Gasteiger partial charge in [0.15, 0.2) is 6.10 Å². The monoisotopic (exact) mass is 899 g/mol. The lowest BCUT2D eigenvalue weighted by Crippen LogP contribution is -2.30. The second-order valence-corrected chi connectivity index (χ2v) is 18.9. The van der Waals surface area contributed by atoms with E-state index in [1.165, 1.54) is 186 Å². The highest BCUT2D eigenvalue weighted by atomic mass is 16.6. The molecule has 0 N–H and O–H groups in total. The molecular formula is C58H106O6. The number of carbonyl (C=O) groups is 3. The largest absolute Gasteiger partial charge is 0.462 e. The van der Waals surface area contributed by atoms with Crippen molar-refractivity contribution in [1.29, 1.82) is 0 Å². The Balaban J connectivity index is 3.90. The predicted molar refractivity (Wildman–Crippen MR) is 275 cm³/mol. The number of esters is 3. The molecule has 0 aromatic carbocycles. The highest BCUT2D eigenvalue weighted by molar-refractivity contribution is 5.71. The van der Waals surface area contributed by atoms with Gasteiger partial charge in [-0.1, -0.05) is 256 Å². The van der Waals surface area contributed by atoms with Crippen molar-refractivity contribution in [2.75, 3.05) is 13.2 Å². The van der Waals surface area contributed by atoms with E-state index in [0.717, 1.165) is 70.6 Å². The van der Waals surface area contributed by atoms with E-state index in [4.69, 9.17) is 14.2 Å². The Morgan fingerprint density at radius 1 is 0.312 bits per heavy atom. The van der Waals surface area contributed by atoms with Crippen molar-refractivity contribution in [2.24, 2.45) is 0 Å². The van der Waals surface area contributed by atoms with E-state index in [2.05, 4.69) is 57.2 Å². The summed E-state index contributed by atoms with van der Waals surface area (Å²) in [5, 5.41) is 0. The van der Waals surface area contributed by atoms with E-state index < -0.39 is 6.10 Å². The molecule has 0 aliphatic rings. The summed E-state index contributed by atoms with van der Waals surface area (Å²) in [7, 11) is 0. The third kappa shape index (κ3) is 50.6. The highest BCUT2D eigenvalue weighted by Gasteiger charge is 2.19. The fourth-order valence-electron chi connectivity index (χ4n) is 8.16. The van der Waals surface area contributed by atoms with Crippen molar-refractivity contribution in [3.63, 3.8) is 0 Å². The zero-order chi connectivity index (χ0) is 46.5. The van der Waals surface area contributed by atoms with Crippen LogP contribution in [-0.4, -0.2) is 37.2 Å². The molecule has 374 valence electrons. The predicted octanol–water partition coefficient (Wildman–Crippen LogP) is 18.5. The van der Waals surface area contributed by atoms with Crippen LogP contribution in [0.3, 0.4) is 0 Å². The molecule has 6 nitrogen and oxygen atoms in total. The van der Waals surface area contributed by atoms with E-state index in [9.17, 15) is 14.4 Å². The van der Waals surface area contributed by atoms with Crippen molar-refractivity contribution in [3.05, 3.63) is 36.5 Å². The summed E-state index contributed by atoms with van der Waals surface area (Å²) in [6.07, 6.45) is 63.4. The second-order valence-electron chi connectivity index (χ2n) is 18.9. The van der Waals surface area contributed by atoms with Crippen LogP contribution in [0.15, 0.2) is 36.5 Å². The lowest BCUT2D eigenvalue weighted by atomic mass is 10.0. The van der Waals surface area contributed by atoms with Gasteiger partial charge in [0.1, 0.15) is 13.2 Å². The average Bonchev–Trinajstić information content (AvgIpc) is 3.29. The number of ether oxygens (including phenoxy) is 3. The summed E-state index contributed by atoms with van der Waals surface area (Å²) in [6, 6.07) is 0. The van der Waals surface area contributed by atoms with Gasteiger partial charge in [0.25, 0.3) is 0 Å². The van der Waals surface area contributed by atoms with Crippen molar-refractivity contribution in [1.82, 2.24) is 0 Å². The third-order valence-electron chi connectivity index (χ3n) is 12.4. The topological polar surface area (TPSA) is 78.9 Å². The van der Waals surface area contributed by atoms with Crippen LogP contribution in [-0.2, 0) is 28.6 Å².